The summed E-state index contributed by atoms with van der Waals surface area (Å²) in [5.74, 6) is -0.114. The van der Waals surface area contributed by atoms with E-state index in [1.54, 1.807) is 7.11 Å². The largest absolute Gasteiger partial charge is 0.382 e. The van der Waals surface area contributed by atoms with Gasteiger partial charge < -0.3 is 10.1 Å². The Labute approximate surface area is 78.7 Å². The number of methoxy groups -OCH3 is 1. The molecule has 0 atom stereocenters. The molecule has 5 heteroatoms. The molecule has 0 aromatic carbocycles. The predicted molar refractivity (Wildman–Crippen MR) is 49.1 cm³/mol. The number of hydroxylamine groups is 1. The van der Waals surface area contributed by atoms with Gasteiger partial charge in [0, 0.05) is 20.1 Å². The molecular formula is C8H18N2O3. The van der Waals surface area contributed by atoms with Crippen molar-refractivity contribution in [3.8, 4) is 0 Å². The van der Waals surface area contributed by atoms with E-state index < -0.39 is 0 Å². The zero-order valence-electron chi connectivity index (χ0n) is 8.26. The van der Waals surface area contributed by atoms with Crippen molar-refractivity contribution in [3.63, 3.8) is 0 Å². The monoisotopic (exact) mass is 190 g/mol. The van der Waals surface area contributed by atoms with Crippen LogP contribution in [0, 0.1) is 0 Å². The first-order valence-corrected chi connectivity index (χ1v) is 4.41. The molecular weight excluding hydrogens is 172 g/mol. The fourth-order valence-electron chi connectivity index (χ4n) is 0.686. The second kappa shape index (κ2) is 9.44. The van der Waals surface area contributed by atoms with Crippen LogP contribution in [0.4, 0.5) is 0 Å². The van der Waals surface area contributed by atoms with E-state index in [1.165, 1.54) is 0 Å². The minimum Gasteiger partial charge on any atom is -0.382 e. The van der Waals surface area contributed by atoms with Crippen LogP contribution in [-0.2, 0) is 14.4 Å². The van der Waals surface area contributed by atoms with E-state index in [0.29, 0.717) is 26.2 Å². The minimum absolute atomic E-state index is 0.114. The lowest BCUT2D eigenvalue weighted by Crippen LogP contribution is -2.28. The Kier molecular flexibility index (Phi) is 8.97. The summed E-state index contributed by atoms with van der Waals surface area (Å²) < 4.78 is 4.73. The molecule has 78 valence electrons. The van der Waals surface area contributed by atoms with Gasteiger partial charge in [-0.3, -0.25) is 9.63 Å². The summed E-state index contributed by atoms with van der Waals surface area (Å²) in [7, 11) is 1.58. The van der Waals surface area contributed by atoms with Crippen molar-refractivity contribution in [2.75, 3.05) is 33.4 Å². The molecule has 1 amide bonds. The summed E-state index contributed by atoms with van der Waals surface area (Å²) in [6, 6.07) is 0. The van der Waals surface area contributed by atoms with Crippen molar-refractivity contribution in [2.24, 2.45) is 0 Å². The lowest BCUT2D eigenvalue weighted by molar-refractivity contribution is -0.134. The van der Waals surface area contributed by atoms with Crippen LogP contribution in [0.2, 0.25) is 0 Å². The number of carbonyl (C=O) groups excluding carboxylic acids is 1. The van der Waals surface area contributed by atoms with Gasteiger partial charge >= 0.3 is 0 Å². The summed E-state index contributed by atoms with van der Waals surface area (Å²) in [6.07, 6.45) is 0.431. The van der Waals surface area contributed by atoms with Crippen LogP contribution < -0.4 is 10.8 Å². The Bertz CT molecular complexity index is 131. The highest BCUT2D eigenvalue weighted by Gasteiger charge is 1.98. The topological polar surface area (TPSA) is 59.6 Å². The molecule has 0 heterocycles. The fourth-order valence-corrected chi connectivity index (χ4v) is 0.686. The van der Waals surface area contributed by atoms with Gasteiger partial charge in [0.2, 0.25) is 5.91 Å². The van der Waals surface area contributed by atoms with E-state index in [1.807, 2.05) is 6.92 Å². The van der Waals surface area contributed by atoms with E-state index in [0.717, 1.165) is 6.54 Å². The molecule has 0 saturated carbocycles. The van der Waals surface area contributed by atoms with Crippen LogP contribution in [-0.4, -0.2) is 39.3 Å². The van der Waals surface area contributed by atoms with Crippen LogP contribution in [0.1, 0.15) is 13.3 Å². The molecule has 0 saturated heterocycles. The van der Waals surface area contributed by atoms with E-state index in [2.05, 4.69) is 10.8 Å². The van der Waals surface area contributed by atoms with Crippen molar-refractivity contribution in [1.82, 2.24) is 10.8 Å². The lowest BCUT2D eigenvalue weighted by Gasteiger charge is -2.05. The quantitative estimate of drug-likeness (QED) is 0.407. The van der Waals surface area contributed by atoms with Gasteiger partial charge in [0.05, 0.1) is 13.2 Å². The fraction of sp³-hybridized carbons (Fsp3) is 0.875. The number of hydrogen-bond acceptors (Lipinski definition) is 4. The van der Waals surface area contributed by atoms with Crippen LogP contribution in [0.25, 0.3) is 0 Å². The molecule has 0 unspecified atom stereocenters. The first-order valence-electron chi connectivity index (χ1n) is 4.41. The summed E-state index contributed by atoms with van der Waals surface area (Å²) in [6.45, 7) is 4.40. The average Bonchev–Trinajstić information content (AvgIpc) is 2.13. The zero-order chi connectivity index (χ0) is 9.94. The number of nitrogens with one attached hydrogen (secondary N) is 2. The SMILES string of the molecule is CCNCCC(=O)NOCCOC. The number of ether oxygens (including phenoxy) is 1. The van der Waals surface area contributed by atoms with Crippen molar-refractivity contribution in [1.29, 1.82) is 0 Å². The van der Waals surface area contributed by atoms with Gasteiger partial charge in [-0.25, -0.2) is 5.48 Å². The maximum absolute atomic E-state index is 11.0. The molecule has 2 N–H and O–H groups in total. The number of carbonyl (C=O) groups is 1. The molecule has 0 aliphatic rings. The van der Waals surface area contributed by atoms with E-state index in [-0.39, 0.29) is 5.91 Å². The second-order valence-electron chi connectivity index (χ2n) is 2.47. The first-order chi connectivity index (χ1) is 6.31. The summed E-state index contributed by atoms with van der Waals surface area (Å²) in [5.41, 5.74) is 2.32. The van der Waals surface area contributed by atoms with Crippen LogP contribution in [0.3, 0.4) is 0 Å². The van der Waals surface area contributed by atoms with Gasteiger partial charge in [-0.1, -0.05) is 6.92 Å². The maximum Gasteiger partial charge on any atom is 0.244 e. The molecule has 0 aromatic heterocycles. The third-order valence-corrected chi connectivity index (χ3v) is 1.35. The Hall–Kier alpha value is -0.650. The Morgan fingerprint density at radius 3 is 2.77 bits per heavy atom. The number of hydrogen-bond donors (Lipinski definition) is 2. The highest BCUT2D eigenvalue weighted by molar-refractivity contribution is 5.74. The second-order valence-corrected chi connectivity index (χ2v) is 2.47. The van der Waals surface area contributed by atoms with Crippen molar-refractivity contribution < 1.29 is 14.4 Å². The highest BCUT2D eigenvalue weighted by Crippen LogP contribution is 1.78. The molecule has 0 aliphatic carbocycles. The summed E-state index contributed by atoms with van der Waals surface area (Å²) in [4.78, 5) is 15.8. The standard InChI is InChI=1S/C8H18N2O3/c1-3-9-5-4-8(11)10-13-7-6-12-2/h9H,3-7H2,1-2H3,(H,10,11). The predicted octanol–water partition coefficient (Wildman–Crippen LogP) is -0.320. The van der Waals surface area contributed by atoms with Gasteiger partial charge in [0.1, 0.15) is 0 Å². The average molecular weight is 190 g/mol. The van der Waals surface area contributed by atoms with Crippen molar-refractivity contribution in [3.05, 3.63) is 0 Å². The summed E-state index contributed by atoms with van der Waals surface area (Å²) >= 11 is 0. The molecule has 0 rings (SSSR count). The number of amides is 1. The van der Waals surface area contributed by atoms with Crippen molar-refractivity contribution in [2.45, 2.75) is 13.3 Å². The normalized spacial score (nSPS) is 10.0. The number of rotatable bonds is 8. The third kappa shape index (κ3) is 9.26. The van der Waals surface area contributed by atoms with Crippen LogP contribution >= 0.6 is 0 Å². The van der Waals surface area contributed by atoms with Gasteiger partial charge in [-0.15, -0.1) is 0 Å². The lowest BCUT2D eigenvalue weighted by atomic mass is 10.4. The smallest absolute Gasteiger partial charge is 0.244 e. The molecule has 0 aromatic rings. The van der Waals surface area contributed by atoms with Gasteiger partial charge in [0.25, 0.3) is 0 Å². The Morgan fingerprint density at radius 1 is 1.38 bits per heavy atom. The Balaban J connectivity index is 3.11. The third-order valence-electron chi connectivity index (χ3n) is 1.35. The van der Waals surface area contributed by atoms with Gasteiger partial charge in [0.15, 0.2) is 0 Å². The maximum atomic E-state index is 11.0. The molecule has 13 heavy (non-hydrogen) atoms. The molecule has 0 radical (unpaired) electrons. The van der Waals surface area contributed by atoms with Gasteiger partial charge in [-0.05, 0) is 6.54 Å². The molecule has 5 nitrogen and oxygen atoms in total. The highest BCUT2D eigenvalue weighted by atomic mass is 16.7. The molecule has 0 fully saturated rings. The molecule has 0 spiro atoms. The Morgan fingerprint density at radius 2 is 2.15 bits per heavy atom. The van der Waals surface area contributed by atoms with Crippen LogP contribution in [0.5, 0.6) is 0 Å². The minimum atomic E-state index is -0.114. The van der Waals surface area contributed by atoms with E-state index in [9.17, 15) is 4.79 Å². The molecule has 0 bridgehead atoms. The van der Waals surface area contributed by atoms with Crippen LogP contribution in [0.15, 0.2) is 0 Å². The molecule has 0 aliphatic heterocycles. The summed E-state index contributed by atoms with van der Waals surface area (Å²) in [5, 5.41) is 3.04. The van der Waals surface area contributed by atoms with E-state index in [4.69, 9.17) is 9.57 Å². The first kappa shape index (κ1) is 12.3. The van der Waals surface area contributed by atoms with E-state index >= 15 is 0 Å². The van der Waals surface area contributed by atoms with Gasteiger partial charge in [-0.2, -0.15) is 0 Å². The zero-order valence-corrected chi connectivity index (χ0v) is 8.26. The van der Waals surface area contributed by atoms with Crippen molar-refractivity contribution >= 4 is 5.91 Å².